The predicted octanol–water partition coefficient (Wildman–Crippen LogP) is 1.29. The van der Waals surface area contributed by atoms with E-state index in [9.17, 15) is 9.59 Å². The number of rotatable bonds is 3. The third kappa shape index (κ3) is 2.53. The molecule has 0 saturated carbocycles. The number of aromatic amines is 1. The second-order valence-electron chi connectivity index (χ2n) is 4.30. The van der Waals surface area contributed by atoms with E-state index in [4.69, 9.17) is 5.73 Å². The van der Waals surface area contributed by atoms with E-state index in [2.05, 4.69) is 4.98 Å². The predicted molar refractivity (Wildman–Crippen MR) is 73.2 cm³/mol. The number of aromatic nitrogens is 2. The summed E-state index contributed by atoms with van der Waals surface area (Å²) in [5.74, 6) is 0.199. The zero-order chi connectivity index (χ0) is 13.3. The summed E-state index contributed by atoms with van der Waals surface area (Å²) in [6.45, 7) is 3.95. The molecule has 0 spiro atoms. The second-order valence-corrected chi connectivity index (χ2v) is 5.67. The molecule has 0 saturated heterocycles. The van der Waals surface area contributed by atoms with Gasteiger partial charge in [0.05, 0.1) is 0 Å². The average molecular weight is 265 g/mol. The highest BCUT2D eigenvalue weighted by Crippen LogP contribution is 2.21. The maximum Gasteiger partial charge on any atom is 0.330 e. The number of nitrogens with one attached hydrogen (secondary N) is 1. The molecule has 0 amide bonds. The zero-order valence-electron chi connectivity index (χ0n) is 10.3. The average Bonchev–Trinajstić information content (AvgIpc) is 2.62. The Bertz CT molecular complexity index is 668. The Morgan fingerprint density at radius 3 is 2.72 bits per heavy atom. The Kier molecular flexibility index (Phi) is 3.38. The maximum atomic E-state index is 11.7. The SMILES string of the molecule is Cc1ccc(CC(C)n2c(N)cc(=O)[nH]c2=O)s1. The standard InChI is InChI=1S/C12H15N3O2S/c1-7(5-9-4-3-8(2)18-9)15-10(13)6-11(16)14-12(15)17/h3-4,6-7H,5,13H2,1-2H3,(H,14,16,17). The Morgan fingerprint density at radius 2 is 2.17 bits per heavy atom. The van der Waals surface area contributed by atoms with Crippen molar-refractivity contribution < 1.29 is 0 Å². The number of nitrogen functional groups attached to an aromatic ring is 1. The Labute approximate surface area is 108 Å². The van der Waals surface area contributed by atoms with Crippen molar-refractivity contribution in [1.82, 2.24) is 9.55 Å². The highest BCUT2D eigenvalue weighted by molar-refractivity contribution is 7.11. The van der Waals surface area contributed by atoms with Gasteiger partial charge >= 0.3 is 5.69 Å². The van der Waals surface area contributed by atoms with E-state index in [0.717, 1.165) is 0 Å². The first kappa shape index (κ1) is 12.6. The van der Waals surface area contributed by atoms with Crippen LogP contribution in [0.4, 0.5) is 5.82 Å². The summed E-state index contributed by atoms with van der Waals surface area (Å²) in [7, 11) is 0. The number of thiophene rings is 1. The second kappa shape index (κ2) is 4.81. The molecule has 96 valence electrons. The molecular formula is C12H15N3O2S. The minimum Gasteiger partial charge on any atom is -0.385 e. The smallest absolute Gasteiger partial charge is 0.330 e. The summed E-state index contributed by atoms with van der Waals surface area (Å²) in [6.07, 6.45) is 0.717. The van der Waals surface area contributed by atoms with Crippen molar-refractivity contribution in [3.63, 3.8) is 0 Å². The fraction of sp³-hybridized carbons (Fsp3) is 0.333. The summed E-state index contributed by atoms with van der Waals surface area (Å²) in [5.41, 5.74) is 4.81. The summed E-state index contributed by atoms with van der Waals surface area (Å²) in [4.78, 5) is 27.5. The van der Waals surface area contributed by atoms with Crippen LogP contribution in [0.2, 0.25) is 0 Å². The van der Waals surface area contributed by atoms with Gasteiger partial charge in [0.15, 0.2) is 0 Å². The number of nitrogens with zero attached hydrogens (tertiary/aromatic N) is 1. The van der Waals surface area contributed by atoms with Gasteiger partial charge in [0.1, 0.15) is 5.82 Å². The number of hydrogen-bond donors (Lipinski definition) is 2. The lowest BCUT2D eigenvalue weighted by Gasteiger charge is -2.15. The quantitative estimate of drug-likeness (QED) is 0.877. The van der Waals surface area contributed by atoms with Gasteiger partial charge in [-0.05, 0) is 26.0 Å². The molecule has 2 rings (SSSR count). The molecule has 2 aromatic heterocycles. The maximum absolute atomic E-state index is 11.7. The van der Waals surface area contributed by atoms with Crippen LogP contribution in [0.15, 0.2) is 27.8 Å². The van der Waals surface area contributed by atoms with E-state index < -0.39 is 11.2 Å². The minimum atomic E-state index is -0.465. The van der Waals surface area contributed by atoms with E-state index in [0.29, 0.717) is 6.42 Å². The minimum absolute atomic E-state index is 0.0904. The van der Waals surface area contributed by atoms with Crippen LogP contribution in [-0.2, 0) is 6.42 Å². The molecule has 2 heterocycles. The van der Waals surface area contributed by atoms with E-state index in [1.165, 1.54) is 20.4 Å². The highest BCUT2D eigenvalue weighted by atomic mass is 32.1. The van der Waals surface area contributed by atoms with Crippen molar-refractivity contribution in [1.29, 1.82) is 0 Å². The van der Waals surface area contributed by atoms with E-state index >= 15 is 0 Å². The Hall–Kier alpha value is -1.82. The third-order valence-corrected chi connectivity index (χ3v) is 3.76. The normalized spacial score (nSPS) is 12.6. The largest absolute Gasteiger partial charge is 0.385 e. The molecule has 18 heavy (non-hydrogen) atoms. The van der Waals surface area contributed by atoms with Crippen molar-refractivity contribution in [2.45, 2.75) is 26.3 Å². The van der Waals surface area contributed by atoms with Gasteiger partial charge in [0.2, 0.25) is 0 Å². The molecule has 2 aromatic rings. The fourth-order valence-electron chi connectivity index (χ4n) is 1.95. The number of nitrogens with two attached hydrogens (primary N) is 1. The van der Waals surface area contributed by atoms with Gasteiger partial charge in [-0.2, -0.15) is 0 Å². The lowest BCUT2D eigenvalue weighted by Crippen LogP contribution is -2.33. The van der Waals surface area contributed by atoms with Crippen LogP contribution >= 0.6 is 11.3 Å². The number of hydrogen-bond acceptors (Lipinski definition) is 4. The molecule has 0 fully saturated rings. The molecule has 3 N–H and O–H groups in total. The van der Waals surface area contributed by atoms with Crippen LogP contribution < -0.4 is 17.0 Å². The van der Waals surface area contributed by atoms with Gasteiger partial charge in [-0.25, -0.2) is 4.79 Å². The van der Waals surface area contributed by atoms with E-state index in [1.807, 2.05) is 26.0 Å². The number of H-pyrrole nitrogens is 1. The third-order valence-electron chi connectivity index (χ3n) is 2.74. The van der Waals surface area contributed by atoms with Crippen LogP contribution in [-0.4, -0.2) is 9.55 Å². The van der Waals surface area contributed by atoms with Gasteiger partial charge in [-0.3, -0.25) is 14.3 Å². The number of anilines is 1. The first-order valence-electron chi connectivity index (χ1n) is 5.64. The molecule has 0 aromatic carbocycles. The van der Waals surface area contributed by atoms with Crippen LogP contribution in [0.1, 0.15) is 22.7 Å². The Balaban J connectivity index is 2.32. The Morgan fingerprint density at radius 1 is 1.44 bits per heavy atom. The van der Waals surface area contributed by atoms with Gasteiger partial charge in [0, 0.05) is 28.3 Å². The highest BCUT2D eigenvalue weighted by Gasteiger charge is 2.12. The van der Waals surface area contributed by atoms with Crippen LogP contribution in [0.25, 0.3) is 0 Å². The lowest BCUT2D eigenvalue weighted by molar-refractivity contribution is 0.525. The molecule has 0 aliphatic carbocycles. The van der Waals surface area contributed by atoms with E-state index in [1.54, 1.807) is 11.3 Å². The van der Waals surface area contributed by atoms with Gasteiger partial charge in [-0.1, -0.05) is 0 Å². The lowest BCUT2D eigenvalue weighted by atomic mass is 10.2. The van der Waals surface area contributed by atoms with E-state index in [-0.39, 0.29) is 11.9 Å². The molecular weight excluding hydrogens is 250 g/mol. The first-order valence-corrected chi connectivity index (χ1v) is 6.45. The molecule has 0 bridgehead atoms. The van der Waals surface area contributed by atoms with Crippen molar-refractivity contribution in [2.24, 2.45) is 0 Å². The fourth-order valence-corrected chi connectivity index (χ4v) is 2.97. The summed E-state index contributed by atoms with van der Waals surface area (Å²) in [5, 5.41) is 0. The van der Waals surface area contributed by atoms with Gasteiger partial charge in [0.25, 0.3) is 5.56 Å². The molecule has 5 nitrogen and oxygen atoms in total. The summed E-state index contributed by atoms with van der Waals surface area (Å²) in [6, 6.07) is 5.24. The summed E-state index contributed by atoms with van der Waals surface area (Å²) < 4.78 is 1.41. The first-order chi connectivity index (χ1) is 8.47. The zero-order valence-corrected chi connectivity index (χ0v) is 11.1. The molecule has 0 aliphatic rings. The van der Waals surface area contributed by atoms with Crippen molar-refractivity contribution in [3.8, 4) is 0 Å². The van der Waals surface area contributed by atoms with Crippen LogP contribution in [0.5, 0.6) is 0 Å². The number of aryl methyl sites for hydroxylation is 1. The van der Waals surface area contributed by atoms with Crippen LogP contribution in [0, 0.1) is 6.92 Å². The van der Waals surface area contributed by atoms with Crippen molar-refractivity contribution in [3.05, 3.63) is 48.8 Å². The monoisotopic (exact) mass is 265 g/mol. The van der Waals surface area contributed by atoms with Crippen LogP contribution in [0.3, 0.4) is 0 Å². The topological polar surface area (TPSA) is 80.9 Å². The molecule has 0 radical (unpaired) electrons. The molecule has 1 atom stereocenters. The van der Waals surface area contributed by atoms with Gasteiger partial charge in [-0.15, -0.1) is 11.3 Å². The molecule has 1 unspecified atom stereocenters. The van der Waals surface area contributed by atoms with Crippen molar-refractivity contribution >= 4 is 17.2 Å². The van der Waals surface area contributed by atoms with Gasteiger partial charge < -0.3 is 5.73 Å². The van der Waals surface area contributed by atoms with Crippen molar-refractivity contribution in [2.75, 3.05) is 5.73 Å². The molecule has 0 aliphatic heterocycles. The summed E-state index contributed by atoms with van der Waals surface area (Å²) >= 11 is 1.70. The molecule has 6 heteroatoms.